The first kappa shape index (κ1) is 12.0. The van der Waals surface area contributed by atoms with Crippen molar-refractivity contribution in [1.82, 2.24) is 4.90 Å². The molecule has 0 radical (unpaired) electrons. The number of ketones is 1. The van der Waals surface area contributed by atoms with Gasteiger partial charge in [0.1, 0.15) is 5.78 Å². The van der Waals surface area contributed by atoms with E-state index in [0.717, 1.165) is 25.9 Å². The summed E-state index contributed by atoms with van der Waals surface area (Å²) in [5, 5.41) is 0. The van der Waals surface area contributed by atoms with Gasteiger partial charge in [0.25, 0.3) is 5.92 Å². The topological polar surface area (TPSA) is 20.3 Å². The van der Waals surface area contributed by atoms with Gasteiger partial charge >= 0.3 is 0 Å². The Morgan fingerprint density at radius 2 is 2.00 bits per heavy atom. The van der Waals surface area contributed by atoms with Crippen molar-refractivity contribution in [1.29, 1.82) is 0 Å². The molecule has 0 bridgehead atoms. The van der Waals surface area contributed by atoms with E-state index in [1.165, 1.54) is 0 Å². The predicted octanol–water partition coefficient (Wildman–Crippen LogP) is 2.48. The number of hydrogen-bond donors (Lipinski definition) is 0. The van der Waals surface area contributed by atoms with Crippen LogP contribution in [0.1, 0.15) is 38.5 Å². The molecule has 0 aromatic carbocycles. The van der Waals surface area contributed by atoms with Crippen LogP contribution in [0, 0.1) is 5.92 Å². The highest BCUT2D eigenvalue weighted by atomic mass is 19.3. The number of halogens is 2. The van der Waals surface area contributed by atoms with Gasteiger partial charge in [-0.2, -0.15) is 0 Å². The van der Waals surface area contributed by atoms with Crippen molar-refractivity contribution in [3.63, 3.8) is 0 Å². The Morgan fingerprint density at radius 3 is 2.62 bits per heavy atom. The molecule has 0 aromatic rings. The van der Waals surface area contributed by atoms with Crippen LogP contribution in [-0.4, -0.2) is 36.2 Å². The molecular formula is C12H19F2NO. The van der Waals surface area contributed by atoms with E-state index in [1.54, 1.807) is 0 Å². The first-order chi connectivity index (χ1) is 7.55. The largest absolute Gasteiger partial charge is 0.300 e. The molecule has 0 amide bonds. The second-order valence-corrected chi connectivity index (χ2v) is 5.18. The summed E-state index contributed by atoms with van der Waals surface area (Å²) >= 11 is 0. The van der Waals surface area contributed by atoms with E-state index in [1.807, 2.05) is 4.90 Å². The summed E-state index contributed by atoms with van der Waals surface area (Å²) in [5.74, 6) is -1.71. The highest BCUT2D eigenvalue weighted by Gasteiger charge is 2.35. The first-order valence-corrected chi connectivity index (χ1v) is 6.17. The van der Waals surface area contributed by atoms with Crippen molar-refractivity contribution in [2.75, 3.05) is 19.6 Å². The smallest absolute Gasteiger partial charge is 0.260 e. The van der Waals surface area contributed by atoms with Crippen molar-refractivity contribution < 1.29 is 13.6 Å². The number of hydrogen-bond acceptors (Lipinski definition) is 2. The minimum atomic E-state index is -2.50. The van der Waals surface area contributed by atoms with Crippen LogP contribution < -0.4 is 0 Å². The molecule has 0 unspecified atom stereocenters. The zero-order valence-electron chi connectivity index (χ0n) is 9.55. The Morgan fingerprint density at radius 1 is 1.31 bits per heavy atom. The zero-order valence-corrected chi connectivity index (χ0v) is 9.55. The van der Waals surface area contributed by atoms with Gasteiger partial charge in [-0.1, -0.05) is 0 Å². The number of carbonyl (C=O) groups excluding carboxylic acids is 1. The maximum atomic E-state index is 13.2. The summed E-state index contributed by atoms with van der Waals surface area (Å²) in [6, 6.07) is 0. The molecule has 2 fully saturated rings. The molecule has 1 aliphatic heterocycles. The standard InChI is InChI=1S/C12H19F2NO/c13-12(14)6-1-7-15(9-12)8-10-2-4-11(16)5-3-10/h10H,1-9H2. The lowest BCUT2D eigenvalue weighted by Gasteiger charge is -2.35. The third-order valence-electron chi connectivity index (χ3n) is 3.65. The molecular weight excluding hydrogens is 212 g/mol. The number of piperidine rings is 1. The van der Waals surface area contributed by atoms with Gasteiger partial charge in [-0.3, -0.25) is 9.69 Å². The minimum Gasteiger partial charge on any atom is -0.300 e. The second-order valence-electron chi connectivity index (χ2n) is 5.18. The van der Waals surface area contributed by atoms with Gasteiger partial charge in [0.2, 0.25) is 0 Å². The van der Waals surface area contributed by atoms with E-state index in [9.17, 15) is 13.6 Å². The Bertz CT molecular complexity index is 258. The number of rotatable bonds is 2. The third-order valence-corrected chi connectivity index (χ3v) is 3.65. The van der Waals surface area contributed by atoms with Gasteiger partial charge in [-0.05, 0) is 31.7 Å². The van der Waals surface area contributed by atoms with Crippen LogP contribution in [0.5, 0.6) is 0 Å². The predicted molar refractivity (Wildman–Crippen MR) is 57.6 cm³/mol. The average molecular weight is 231 g/mol. The summed E-state index contributed by atoms with van der Waals surface area (Å²) in [7, 11) is 0. The van der Waals surface area contributed by atoms with Crippen molar-refractivity contribution in [3.05, 3.63) is 0 Å². The fraction of sp³-hybridized carbons (Fsp3) is 0.917. The van der Waals surface area contributed by atoms with Crippen LogP contribution in [0.15, 0.2) is 0 Å². The first-order valence-electron chi connectivity index (χ1n) is 6.17. The fourth-order valence-electron chi connectivity index (χ4n) is 2.75. The lowest BCUT2D eigenvalue weighted by atomic mass is 9.87. The number of likely N-dealkylation sites (tertiary alicyclic amines) is 1. The maximum Gasteiger partial charge on any atom is 0.260 e. The van der Waals surface area contributed by atoms with E-state index in [0.29, 0.717) is 31.0 Å². The van der Waals surface area contributed by atoms with Gasteiger partial charge in [-0.25, -0.2) is 8.78 Å². The van der Waals surface area contributed by atoms with Gasteiger partial charge in [0.15, 0.2) is 0 Å². The number of Topliss-reactive ketones (excluding diaryl/α,β-unsaturated/α-hetero) is 1. The number of nitrogens with zero attached hydrogens (tertiary/aromatic N) is 1. The second kappa shape index (κ2) is 4.78. The fourth-order valence-corrected chi connectivity index (χ4v) is 2.75. The minimum absolute atomic E-state index is 0.0344. The van der Waals surface area contributed by atoms with Crippen LogP contribution in [0.2, 0.25) is 0 Å². The molecule has 2 aliphatic rings. The van der Waals surface area contributed by atoms with E-state index in [2.05, 4.69) is 0 Å². The summed E-state index contributed by atoms with van der Waals surface area (Å²) in [6.45, 7) is 1.46. The van der Waals surface area contributed by atoms with E-state index in [-0.39, 0.29) is 13.0 Å². The Hall–Kier alpha value is -0.510. The molecule has 2 nitrogen and oxygen atoms in total. The molecule has 0 spiro atoms. The summed E-state index contributed by atoms with van der Waals surface area (Å²) in [5.41, 5.74) is 0. The highest BCUT2D eigenvalue weighted by molar-refractivity contribution is 5.79. The molecule has 2 rings (SSSR count). The van der Waals surface area contributed by atoms with Gasteiger partial charge in [0, 0.05) is 25.8 Å². The van der Waals surface area contributed by atoms with E-state index >= 15 is 0 Å². The molecule has 0 atom stereocenters. The molecule has 92 valence electrons. The van der Waals surface area contributed by atoms with Crippen molar-refractivity contribution in [2.24, 2.45) is 5.92 Å². The average Bonchev–Trinajstić information content (AvgIpc) is 2.20. The molecule has 16 heavy (non-hydrogen) atoms. The monoisotopic (exact) mass is 231 g/mol. The van der Waals surface area contributed by atoms with Crippen LogP contribution in [-0.2, 0) is 4.79 Å². The quantitative estimate of drug-likeness (QED) is 0.727. The lowest BCUT2D eigenvalue weighted by molar-refractivity contribution is -0.121. The number of carbonyl (C=O) groups is 1. The van der Waals surface area contributed by atoms with Crippen molar-refractivity contribution in [2.45, 2.75) is 44.4 Å². The molecule has 1 saturated heterocycles. The molecule has 0 aromatic heterocycles. The van der Waals surface area contributed by atoms with Crippen molar-refractivity contribution in [3.8, 4) is 0 Å². The van der Waals surface area contributed by atoms with Gasteiger partial charge in [0.05, 0.1) is 6.54 Å². The number of alkyl halides is 2. The van der Waals surface area contributed by atoms with Gasteiger partial charge < -0.3 is 0 Å². The normalized spacial score (nSPS) is 28.2. The molecule has 1 aliphatic carbocycles. The van der Waals surface area contributed by atoms with Crippen LogP contribution in [0.25, 0.3) is 0 Å². The Kier molecular flexibility index (Phi) is 3.57. The molecule has 1 heterocycles. The molecule has 0 N–H and O–H groups in total. The lowest BCUT2D eigenvalue weighted by Crippen LogP contribution is -2.44. The third kappa shape index (κ3) is 3.24. The van der Waals surface area contributed by atoms with Crippen LogP contribution in [0.4, 0.5) is 8.78 Å². The van der Waals surface area contributed by atoms with Crippen LogP contribution in [0.3, 0.4) is 0 Å². The Balaban J connectivity index is 1.78. The summed E-state index contributed by atoms with van der Waals surface area (Å²) in [6.07, 6.45) is 3.71. The van der Waals surface area contributed by atoms with E-state index < -0.39 is 5.92 Å². The van der Waals surface area contributed by atoms with Crippen LogP contribution >= 0.6 is 0 Å². The maximum absolute atomic E-state index is 13.2. The zero-order chi connectivity index (χ0) is 11.6. The van der Waals surface area contributed by atoms with Gasteiger partial charge in [-0.15, -0.1) is 0 Å². The highest BCUT2D eigenvalue weighted by Crippen LogP contribution is 2.29. The molecule has 4 heteroatoms. The SMILES string of the molecule is O=C1CCC(CN2CCCC(F)(F)C2)CC1. The summed E-state index contributed by atoms with van der Waals surface area (Å²) < 4.78 is 26.4. The Labute approximate surface area is 95.0 Å². The van der Waals surface area contributed by atoms with Crippen molar-refractivity contribution >= 4 is 5.78 Å². The summed E-state index contributed by atoms with van der Waals surface area (Å²) in [4.78, 5) is 12.9. The van der Waals surface area contributed by atoms with E-state index in [4.69, 9.17) is 0 Å². The molecule has 1 saturated carbocycles.